The number of aromatic nitrogens is 1. The van der Waals surface area contributed by atoms with Crippen molar-refractivity contribution in [3.8, 4) is 5.75 Å². The quantitative estimate of drug-likeness (QED) is 0.768. The van der Waals surface area contributed by atoms with Crippen LogP contribution in [-0.4, -0.2) is 23.3 Å². The molecule has 1 aliphatic rings. The molecule has 27 heavy (non-hydrogen) atoms. The van der Waals surface area contributed by atoms with E-state index < -0.39 is 0 Å². The van der Waals surface area contributed by atoms with Gasteiger partial charge in [0.05, 0.1) is 5.69 Å². The molecule has 0 spiro atoms. The van der Waals surface area contributed by atoms with Gasteiger partial charge >= 0.3 is 0 Å². The van der Waals surface area contributed by atoms with E-state index in [0.717, 1.165) is 30.5 Å². The molecule has 144 valence electrons. The highest BCUT2D eigenvalue weighted by Gasteiger charge is 2.15. The van der Waals surface area contributed by atoms with Gasteiger partial charge in [-0.15, -0.1) is 11.3 Å². The maximum Gasteiger partial charge on any atom is 0.264 e. The van der Waals surface area contributed by atoms with Crippen molar-refractivity contribution in [2.75, 3.05) is 11.9 Å². The molecular weight excluding hydrogens is 360 g/mol. The fraction of sp³-hybridized carbons (Fsp3) is 0.476. The molecule has 0 bridgehead atoms. The number of nitrogens with one attached hydrogen (secondary N) is 1. The lowest BCUT2D eigenvalue weighted by molar-refractivity contribution is -0.118. The van der Waals surface area contributed by atoms with Crippen LogP contribution < -0.4 is 10.1 Å². The molecule has 0 atom stereocenters. The smallest absolute Gasteiger partial charge is 0.264 e. The highest BCUT2D eigenvalue weighted by Crippen LogP contribution is 2.28. The maximum atomic E-state index is 12.2. The third-order valence-electron chi connectivity index (χ3n) is 4.65. The monoisotopic (exact) mass is 386 g/mol. The summed E-state index contributed by atoms with van der Waals surface area (Å²) in [4.78, 5) is 29.1. The highest BCUT2D eigenvalue weighted by molar-refractivity contribution is 7.15. The Balaban J connectivity index is 1.48. The summed E-state index contributed by atoms with van der Waals surface area (Å²) in [7, 11) is 0. The van der Waals surface area contributed by atoms with Crippen LogP contribution in [0.15, 0.2) is 24.3 Å². The Labute approximate surface area is 164 Å². The number of hydrogen-bond donors (Lipinski definition) is 1. The largest absolute Gasteiger partial charge is 0.484 e. The summed E-state index contributed by atoms with van der Waals surface area (Å²) in [6.45, 7) is 1.55. The first-order chi connectivity index (χ1) is 13.1. The number of fused-ring (bicyclic) bond motifs is 1. The molecule has 5 nitrogen and oxygen atoms in total. The van der Waals surface area contributed by atoms with Crippen molar-refractivity contribution in [1.29, 1.82) is 0 Å². The molecule has 1 heterocycles. The molecule has 1 aliphatic carbocycles. The van der Waals surface area contributed by atoms with Gasteiger partial charge in [-0.1, -0.05) is 25.0 Å². The first-order valence-electron chi connectivity index (χ1n) is 9.60. The fourth-order valence-corrected chi connectivity index (χ4v) is 4.20. The molecule has 0 fully saturated rings. The Morgan fingerprint density at radius 3 is 2.59 bits per heavy atom. The Kier molecular flexibility index (Phi) is 6.98. The highest BCUT2D eigenvalue weighted by atomic mass is 32.1. The molecule has 0 unspecified atom stereocenters. The Bertz CT molecular complexity index is 758. The number of aryl methyl sites for hydroxylation is 3. The van der Waals surface area contributed by atoms with Crippen molar-refractivity contribution in [2.45, 2.75) is 58.3 Å². The van der Waals surface area contributed by atoms with E-state index in [1.807, 2.05) is 24.3 Å². The average molecular weight is 387 g/mol. The molecule has 6 heteroatoms. The number of anilines is 1. The van der Waals surface area contributed by atoms with Crippen LogP contribution in [0.2, 0.25) is 0 Å². The summed E-state index contributed by atoms with van der Waals surface area (Å²) in [6.07, 6.45) is 8.26. The number of hydrogen-bond acceptors (Lipinski definition) is 5. The number of nitrogens with zero attached hydrogens (tertiary/aromatic N) is 1. The second kappa shape index (κ2) is 9.65. The molecule has 1 aromatic carbocycles. The standard InChI is InChI=1S/C21H26N2O3S/c1-15(24)8-9-16-10-12-17(13-11-16)26-14-20(25)23-21-22-18-6-4-2-3-5-7-19(18)27-21/h10-13H,2-9,14H2,1H3,(H,22,23,25). The minimum atomic E-state index is -0.197. The van der Waals surface area contributed by atoms with Crippen molar-refractivity contribution in [3.05, 3.63) is 40.4 Å². The first-order valence-corrected chi connectivity index (χ1v) is 10.4. The molecule has 1 aromatic heterocycles. The molecule has 0 aliphatic heterocycles. The summed E-state index contributed by atoms with van der Waals surface area (Å²) in [5, 5.41) is 3.54. The van der Waals surface area contributed by atoms with Crippen LogP contribution >= 0.6 is 11.3 Å². The first kappa shape index (κ1) is 19.5. The number of ether oxygens (including phenoxy) is 1. The number of amides is 1. The van der Waals surface area contributed by atoms with E-state index in [0.29, 0.717) is 17.3 Å². The number of benzene rings is 1. The van der Waals surface area contributed by atoms with Crippen LogP contribution in [0.3, 0.4) is 0 Å². The lowest BCUT2D eigenvalue weighted by Crippen LogP contribution is -2.20. The van der Waals surface area contributed by atoms with E-state index in [9.17, 15) is 9.59 Å². The number of carbonyl (C=O) groups is 2. The molecule has 3 rings (SSSR count). The minimum absolute atomic E-state index is 0.0446. The van der Waals surface area contributed by atoms with E-state index in [-0.39, 0.29) is 18.3 Å². The molecule has 2 aromatic rings. The number of rotatable bonds is 7. The van der Waals surface area contributed by atoms with E-state index in [4.69, 9.17) is 4.74 Å². The Morgan fingerprint density at radius 2 is 1.85 bits per heavy atom. The second-order valence-electron chi connectivity index (χ2n) is 6.99. The van der Waals surface area contributed by atoms with Gasteiger partial charge in [-0.3, -0.25) is 10.1 Å². The lowest BCUT2D eigenvalue weighted by atomic mass is 10.0. The van der Waals surface area contributed by atoms with Crippen LogP contribution in [0, 0.1) is 0 Å². The van der Waals surface area contributed by atoms with Crippen LogP contribution in [0.4, 0.5) is 5.13 Å². The fourth-order valence-electron chi connectivity index (χ4n) is 3.14. The normalized spacial score (nSPS) is 14.0. The van der Waals surface area contributed by atoms with Crippen molar-refractivity contribution in [2.24, 2.45) is 0 Å². The summed E-state index contributed by atoms with van der Waals surface area (Å²) >= 11 is 1.59. The summed E-state index contributed by atoms with van der Waals surface area (Å²) in [6, 6.07) is 7.52. The van der Waals surface area contributed by atoms with Crippen LogP contribution in [0.5, 0.6) is 5.75 Å². The SMILES string of the molecule is CC(=O)CCc1ccc(OCC(=O)Nc2nc3c(s2)CCCCCC3)cc1. The zero-order valence-electron chi connectivity index (χ0n) is 15.8. The second-order valence-corrected chi connectivity index (χ2v) is 8.07. The number of carbonyl (C=O) groups excluding carboxylic acids is 2. The number of ketones is 1. The predicted octanol–water partition coefficient (Wildman–Crippen LogP) is 4.34. The van der Waals surface area contributed by atoms with Crippen molar-refractivity contribution in [1.82, 2.24) is 4.98 Å². The summed E-state index contributed by atoms with van der Waals surface area (Å²) < 4.78 is 5.56. The van der Waals surface area contributed by atoms with Gasteiger partial charge in [-0.25, -0.2) is 4.98 Å². The number of thiazole rings is 1. The van der Waals surface area contributed by atoms with Gasteiger partial charge in [0.15, 0.2) is 11.7 Å². The van der Waals surface area contributed by atoms with Gasteiger partial charge < -0.3 is 9.53 Å². The lowest BCUT2D eigenvalue weighted by Gasteiger charge is -2.07. The Hall–Kier alpha value is -2.21. The topological polar surface area (TPSA) is 68.3 Å². The maximum absolute atomic E-state index is 12.2. The van der Waals surface area contributed by atoms with Crippen molar-refractivity contribution >= 4 is 28.2 Å². The van der Waals surface area contributed by atoms with Gasteiger partial charge in [0.25, 0.3) is 5.91 Å². The van der Waals surface area contributed by atoms with E-state index >= 15 is 0 Å². The zero-order chi connectivity index (χ0) is 19.1. The Morgan fingerprint density at radius 1 is 1.11 bits per heavy atom. The number of Topliss-reactive ketones (excluding diaryl/α,β-unsaturated/α-hetero) is 1. The third-order valence-corrected chi connectivity index (χ3v) is 5.72. The molecule has 0 saturated heterocycles. The summed E-state index contributed by atoms with van der Waals surface area (Å²) in [5.74, 6) is 0.627. The van der Waals surface area contributed by atoms with E-state index in [1.54, 1.807) is 18.3 Å². The average Bonchev–Trinajstić information content (AvgIpc) is 2.99. The van der Waals surface area contributed by atoms with Crippen molar-refractivity contribution < 1.29 is 14.3 Å². The third kappa shape index (κ3) is 6.17. The van der Waals surface area contributed by atoms with Gasteiger partial charge in [0.1, 0.15) is 11.5 Å². The van der Waals surface area contributed by atoms with Crippen molar-refractivity contribution in [3.63, 3.8) is 0 Å². The minimum Gasteiger partial charge on any atom is -0.484 e. The summed E-state index contributed by atoms with van der Waals surface area (Å²) in [5.41, 5.74) is 2.24. The molecular formula is C21H26N2O3S. The molecule has 1 N–H and O–H groups in total. The predicted molar refractivity (Wildman–Crippen MR) is 108 cm³/mol. The molecule has 0 radical (unpaired) electrons. The van der Waals surface area contributed by atoms with E-state index in [1.165, 1.54) is 30.6 Å². The van der Waals surface area contributed by atoms with E-state index in [2.05, 4.69) is 10.3 Å². The van der Waals surface area contributed by atoms with Gasteiger partial charge in [0.2, 0.25) is 0 Å². The van der Waals surface area contributed by atoms with Crippen LogP contribution in [0.25, 0.3) is 0 Å². The molecule has 1 amide bonds. The van der Waals surface area contributed by atoms with Crippen LogP contribution in [-0.2, 0) is 28.9 Å². The van der Waals surface area contributed by atoms with Gasteiger partial charge in [-0.05, 0) is 56.7 Å². The molecule has 0 saturated carbocycles. The zero-order valence-corrected chi connectivity index (χ0v) is 16.6. The van der Waals surface area contributed by atoms with Crippen LogP contribution in [0.1, 0.15) is 55.2 Å². The van der Waals surface area contributed by atoms with Gasteiger partial charge in [-0.2, -0.15) is 0 Å². The van der Waals surface area contributed by atoms with Gasteiger partial charge in [0, 0.05) is 11.3 Å².